The van der Waals surface area contributed by atoms with Gasteiger partial charge in [0.2, 0.25) is 0 Å². The van der Waals surface area contributed by atoms with Crippen molar-refractivity contribution < 1.29 is 0 Å². The van der Waals surface area contributed by atoms with Gasteiger partial charge in [-0.25, -0.2) is 0 Å². The summed E-state index contributed by atoms with van der Waals surface area (Å²) in [6.45, 7) is 14.2. The van der Waals surface area contributed by atoms with Crippen LogP contribution in [0.1, 0.15) is 45.4 Å². The fourth-order valence-electron chi connectivity index (χ4n) is 2.80. The summed E-state index contributed by atoms with van der Waals surface area (Å²) in [5, 5.41) is 9.03. The molecule has 1 unspecified atom stereocenters. The van der Waals surface area contributed by atoms with Crippen LogP contribution in [0.4, 0.5) is 5.82 Å². The first kappa shape index (κ1) is 16.7. The molecule has 0 aliphatic carbocycles. The van der Waals surface area contributed by atoms with Crippen molar-refractivity contribution >= 4 is 17.6 Å². The topological polar surface area (TPSA) is 33.1 Å². The van der Waals surface area contributed by atoms with Crippen molar-refractivity contribution in [3.05, 3.63) is 11.3 Å². The van der Waals surface area contributed by atoms with Gasteiger partial charge in [0.1, 0.15) is 5.82 Å². The number of hydrogen-bond donors (Lipinski definition) is 1. The second-order valence-corrected chi connectivity index (χ2v) is 8.37. The van der Waals surface area contributed by atoms with Crippen molar-refractivity contribution in [3.8, 4) is 0 Å². The summed E-state index contributed by atoms with van der Waals surface area (Å²) in [4.78, 5) is 2.53. The predicted octanol–water partition coefficient (Wildman–Crippen LogP) is 2.95. The molecule has 21 heavy (non-hydrogen) atoms. The number of aryl methyl sites for hydroxylation is 2. The van der Waals surface area contributed by atoms with Crippen molar-refractivity contribution in [1.29, 1.82) is 0 Å². The van der Waals surface area contributed by atoms with E-state index in [0.717, 1.165) is 30.6 Å². The van der Waals surface area contributed by atoms with Gasteiger partial charge in [-0.3, -0.25) is 4.68 Å². The largest absolute Gasteiger partial charge is 0.355 e. The zero-order valence-electron chi connectivity index (χ0n) is 14.4. The van der Waals surface area contributed by atoms with Crippen LogP contribution in [0, 0.1) is 6.92 Å². The predicted molar refractivity (Wildman–Crippen MR) is 93.3 cm³/mol. The van der Waals surface area contributed by atoms with E-state index in [9.17, 15) is 0 Å². The van der Waals surface area contributed by atoms with Crippen molar-refractivity contribution in [2.45, 2.75) is 58.4 Å². The van der Waals surface area contributed by atoms with Crippen molar-refractivity contribution in [3.63, 3.8) is 0 Å². The van der Waals surface area contributed by atoms with Crippen molar-refractivity contribution in [1.82, 2.24) is 15.1 Å². The van der Waals surface area contributed by atoms with Crippen LogP contribution in [0.25, 0.3) is 0 Å². The first-order valence-corrected chi connectivity index (χ1v) is 9.00. The molecule has 1 fully saturated rings. The molecule has 0 bridgehead atoms. The standard InChI is InChI=1S/C16H30N4S/c1-7-13-11-20(8-9-21-13)15-14(10-17-16(3,4)5)12(2)18-19(15)6/h13,17H,7-11H2,1-6H3. The molecule has 0 spiro atoms. The summed E-state index contributed by atoms with van der Waals surface area (Å²) in [6, 6.07) is 0. The molecule has 5 heteroatoms. The molecule has 1 atom stereocenters. The number of thioether (sulfide) groups is 1. The molecule has 1 aromatic rings. The van der Waals surface area contributed by atoms with Gasteiger partial charge in [-0.05, 0) is 34.1 Å². The quantitative estimate of drug-likeness (QED) is 0.927. The monoisotopic (exact) mass is 310 g/mol. The SMILES string of the molecule is CCC1CN(c2c(CNC(C)(C)C)c(C)nn2C)CCS1. The highest BCUT2D eigenvalue weighted by atomic mass is 32.2. The minimum atomic E-state index is 0.128. The van der Waals surface area contributed by atoms with Crippen LogP contribution in [0.2, 0.25) is 0 Å². The van der Waals surface area contributed by atoms with Gasteiger partial charge >= 0.3 is 0 Å². The molecule has 2 rings (SSSR count). The normalized spacial score (nSPS) is 20.1. The Morgan fingerprint density at radius 2 is 2.10 bits per heavy atom. The molecule has 0 saturated carbocycles. The van der Waals surface area contributed by atoms with Gasteiger partial charge in [-0.2, -0.15) is 16.9 Å². The van der Waals surface area contributed by atoms with E-state index in [1.165, 1.54) is 23.6 Å². The van der Waals surface area contributed by atoms with Gasteiger partial charge < -0.3 is 10.2 Å². The maximum atomic E-state index is 4.67. The zero-order valence-corrected chi connectivity index (χ0v) is 15.2. The van der Waals surface area contributed by atoms with E-state index in [1.807, 2.05) is 0 Å². The molecule has 0 amide bonds. The highest BCUT2D eigenvalue weighted by Gasteiger charge is 2.25. The van der Waals surface area contributed by atoms with E-state index < -0.39 is 0 Å². The van der Waals surface area contributed by atoms with Crippen LogP contribution in [-0.4, -0.2) is 39.4 Å². The number of aromatic nitrogens is 2. The van der Waals surface area contributed by atoms with Gasteiger partial charge in [-0.1, -0.05) is 6.92 Å². The lowest BCUT2D eigenvalue weighted by atomic mass is 10.1. The third-order valence-electron chi connectivity index (χ3n) is 4.00. The summed E-state index contributed by atoms with van der Waals surface area (Å²) >= 11 is 2.11. The molecule has 0 radical (unpaired) electrons. The van der Waals surface area contributed by atoms with Gasteiger partial charge in [0.15, 0.2) is 0 Å². The zero-order chi connectivity index (χ0) is 15.6. The van der Waals surface area contributed by atoms with E-state index in [4.69, 9.17) is 0 Å². The minimum absolute atomic E-state index is 0.128. The van der Waals surface area contributed by atoms with Crippen LogP contribution in [0.3, 0.4) is 0 Å². The summed E-state index contributed by atoms with van der Waals surface area (Å²) in [7, 11) is 2.08. The lowest BCUT2D eigenvalue weighted by Crippen LogP contribution is -2.40. The summed E-state index contributed by atoms with van der Waals surface area (Å²) in [5.41, 5.74) is 2.63. The van der Waals surface area contributed by atoms with E-state index in [0.29, 0.717) is 0 Å². The van der Waals surface area contributed by atoms with E-state index >= 15 is 0 Å². The number of anilines is 1. The Balaban J connectivity index is 2.21. The lowest BCUT2D eigenvalue weighted by Gasteiger charge is -2.34. The number of nitrogens with zero attached hydrogens (tertiary/aromatic N) is 3. The Morgan fingerprint density at radius 1 is 1.38 bits per heavy atom. The van der Waals surface area contributed by atoms with Gasteiger partial charge in [0.25, 0.3) is 0 Å². The Morgan fingerprint density at radius 3 is 2.71 bits per heavy atom. The summed E-state index contributed by atoms with van der Waals surface area (Å²) in [5.74, 6) is 2.53. The second kappa shape index (κ2) is 6.61. The highest BCUT2D eigenvalue weighted by molar-refractivity contribution is 8.00. The molecule has 1 aliphatic rings. The third kappa shape index (κ3) is 4.16. The van der Waals surface area contributed by atoms with Gasteiger partial charge in [-0.15, -0.1) is 0 Å². The van der Waals surface area contributed by atoms with E-state index in [2.05, 4.69) is 73.4 Å². The van der Waals surface area contributed by atoms with Crippen LogP contribution in [-0.2, 0) is 13.6 Å². The molecule has 1 aromatic heterocycles. The Labute approximate surface area is 133 Å². The van der Waals surface area contributed by atoms with Crippen LogP contribution in [0.5, 0.6) is 0 Å². The van der Waals surface area contributed by atoms with Crippen LogP contribution < -0.4 is 10.2 Å². The molecule has 4 nitrogen and oxygen atoms in total. The average molecular weight is 311 g/mol. The molecule has 2 heterocycles. The Hall–Kier alpha value is -0.680. The Kier molecular flexibility index (Phi) is 5.25. The molecular formula is C16H30N4S. The summed E-state index contributed by atoms with van der Waals surface area (Å²) < 4.78 is 2.07. The molecule has 1 N–H and O–H groups in total. The lowest BCUT2D eigenvalue weighted by molar-refractivity contribution is 0.423. The third-order valence-corrected chi connectivity index (χ3v) is 5.37. The van der Waals surface area contributed by atoms with Crippen LogP contribution in [0.15, 0.2) is 0 Å². The van der Waals surface area contributed by atoms with E-state index in [-0.39, 0.29) is 5.54 Å². The van der Waals surface area contributed by atoms with Crippen molar-refractivity contribution in [2.24, 2.45) is 7.05 Å². The molecule has 0 aromatic carbocycles. The van der Waals surface area contributed by atoms with Gasteiger partial charge in [0, 0.05) is 48.8 Å². The van der Waals surface area contributed by atoms with Crippen molar-refractivity contribution in [2.75, 3.05) is 23.7 Å². The smallest absolute Gasteiger partial charge is 0.131 e. The maximum Gasteiger partial charge on any atom is 0.131 e. The fraction of sp³-hybridized carbons (Fsp3) is 0.812. The Bertz CT molecular complexity index is 475. The minimum Gasteiger partial charge on any atom is -0.355 e. The summed E-state index contributed by atoms with van der Waals surface area (Å²) in [6.07, 6.45) is 1.24. The molecule has 1 saturated heterocycles. The molecular weight excluding hydrogens is 280 g/mol. The molecule has 120 valence electrons. The second-order valence-electron chi connectivity index (χ2n) is 6.96. The molecule has 1 aliphatic heterocycles. The number of nitrogens with one attached hydrogen (secondary N) is 1. The first-order valence-electron chi connectivity index (χ1n) is 7.96. The maximum absolute atomic E-state index is 4.67. The van der Waals surface area contributed by atoms with Gasteiger partial charge in [0.05, 0.1) is 5.69 Å². The highest BCUT2D eigenvalue weighted by Crippen LogP contribution is 2.29. The number of rotatable bonds is 4. The van der Waals surface area contributed by atoms with Crippen LogP contribution >= 0.6 is 11.8 Å². The number of hydrogen-bond acceptors (Lipinski definition) is 4. The van der Waals surface area contributed by atoms with E-state index in [1.54, 1.807) is 0 Å². The first-order chi connectivity index (χ1) is 9.81. The average Bonchev–Trinajstić information content (AvgIpc) is 2.70. The fourth-order valence-corrected chi connectivity index (χ4v) is 3.98.